The number of hydrogen-bond donors (Lipinski definition) is 2. The van der Waals surface area contributed by atoms with Crippen molar-refractivity contribution in [3.63, 3.8) is 0 Å². The van der Waals surface area contributed by atoms with Gasteiger partial charge in [-0.3, -0.25) is 0 Å². The highest BCUT2D eigenvalue weighted by Gasteiger charge is 2.26. The fourth-order valence-corrected chi connectivity index (χ4v) is 4.90. The number of rotatable bonds is 5. The zero-order valence-corrected chi connectivity index (χ0v) is 14.1. The van der Waals surface area contributed by atoms with Crippen LogP contribution in [-0.2, 0) is 10.0 Å². The van der Waals surface area contributed by atoms with Gasteiger partial charge in [-0.1, -0.05) is 31.5 Å². The lowest BCUT2D eigenvalue weighted by molar-refractivity contribution is 0.469. The normalized spacial score (nSPS) is 13.5. The third-order valence-corrected chi connectivity index (χ3v) is 5.92. The van der Waals surface area contributed by atoms with Crippen LogP contribution in [0, 0.1) is 5.92 Å². The van der Waals surface area contributed by atoms with E-state index in [-0.39, 0.29) is 21.9 Å². The van der Waals surface area contributed by atoms with E-state index in [4.69, 9.17) is 17.3 Å². The molecule has 1 unspecified atom stereocenters. The van der Waals surface area contributed by atoms with Crippen LogP contribution in [0.3, 0.4) is 0 Å². The first kappa shape index (κ1) is 16.3. The molecule has 3 N–H and O–H groups in total. The second-order valence-corrected chi connectivity index (χ2v) is 8.12. The number of nitrogens with two attached hydrogens (primary N) is 1. The number of anilines is 1. The standard InChI is InChI=1S/C14H17ClN2O2S2/c1-9(2)14(12-4-3-7-20-12)17-21(18,19)13-6-5-10(16)8-11(13)15/h3-9,14,17H,16H2,1-2H3. The van der Waals surface area contributed by atoms with Gasteiger partial charge in [-0.15, -0.1) is 11.3 Å². The number of benzene rings is 1. The molecule has 1 aromatic carbocycles. The van der Waals surface area contributed by atoms with E-state index >= 15 is 0 Å². The number of halogens is 1. The molecule has 0 saturated carbocycles. The SMILES string of the molecule is CC(C)C(NS(=O)(=O)c1ccc(N)cc1Cl)c1cccs1. The first-order chi connectivity index (χ1) is 9.81. The number of nitrogen functional groups attached to an aromatic ring is 1. The van der Waals surface area contributed by atoms with Crippen molar-refractivity contribution in [3.05, 3.63) is 45.6 Å². The van der Waals surface area contributed by atoms with Crippen LogP contribution >= 0.6 is 22.9 Å². The molecular formula is C14H17ClN2O2S2. The number of nitrogens with one attached hydrogen (secondary N) is 1. The van der Waals surface area contributed by atoms with E-state index in [0.29, 0.717) is 5.69 Å². The van der Waals surface area contributed by atoms with Crippen LogP contribution in [0.4, 0.5) is 5.69 Å². The highest BCUT2D eigenvalue weighted by atomic mass is 35.5. The average molecular weight is 345 g/mol. The minimum atomic E-state index is -3.71. The summed E-state index contributed by atoms with van der Waals surface area (Å²) in [6.07, 6.45) is 0. The lowest BCUT2D eigenvalue weighted by Crippen LogP contribution is -2.31. The monoisotopic (exact) mass is 344 g/mol. The molecule has 1 heterocycles. The largest absolute Gasteiger partial charge is 0.399 e. The molecule has 0 amide bonds. The van der Waals surface area contributed by atoms with Crippen molar-refractivity contribution in [2.75, 3.05) is 5.73 Å². The molecule has 0 saturated heterocycles. The van der Waals surface area contributed by atoms with Crippen LogP contribution in [-0.4, -0.2) is 8.42 Å². The molecule has 0 aliphatic heterocycles. The highest BCUT2D eigenvalue weighted by molar-refractivity contribution is 7.89. The predicted molar refractivity (Wildman–Crippen MR) is 88.1 cm³/mol. The Balaban J connectivity index is 2.35. The molecule has 114 valence electrons. The fourth-order valence-electron chi connectivity index (χ4n) is 1.96. The van der Waals surface area contributed by atoms with Gasteiger partial charge in [-0.05, 0) is 35.6 Å². The fraction of sp³-hybridized carbons (Fsp3) is 0.286. The first-order valence-electron chi connectivity index (χ1n) is 6.42. The Hall–Kier alpha value is -1.08. The summed E-state index contributed by atoms with van der Waals surface area (Å²) >= 11 is 7.53. The summed E-state index contributed by atoms with van der Waals surface area (Å²) in [6, 6.07) is 7.92. The summed E-state index contributed by atoms with van der Waals surface area (Å²) in [7, 11) is -3.71. The third kappa shape index (κ3) is 3.77. The van der Waals surface area contributed by atoms with Crippen LogP contribution in [0.15, 0.2) is 40.6 Å². The van der Waals surface area contributed by atoms with Gasteiger partial charge in [0.05, 0.1) is 11.1 Å². The van der Waals surface area contributed by atoms with E-state index in [0.717, 1.165) is 4.88 Å². The zero-order valence-electron chi connectivity index (χ0n) is 11.7. The molecular weight excluding hydrogens is 328 g/mol. The summed E-state index contributed by atoms with van der Waals surface area (Å²) < 4.78 is 27.8. The van der Waals surface area contributed by atoms with Gasteiger partial charge in [0.2, 0.25) is 10.0 Å². The van der Waals surface area contributed by atoms with E-state index < -0.39 is 10.0 Å². The van der Waals surface area contributed by atoms with Crippen molar-refractivity contribution in [3.8, 4) is 0 Å². The van der Waals surface area contributed by atoms with Gasteiger partial charge in [0.1, 0.15) is 4.90 Å². The molecule has 21 heavy (non-hydrogen) atoms. The summed E-state index contributed by atoms with van der Waals surface area (Å²) in [5, 5.41) is 2.05. The van der Waals surface area contributed by atoms with Crippen molar-refractivity contribution >= 4 is 38.6 Å². The van der Waals surface area contributed by atoms with Crippen LogP contribution in [0.25, 0.3) is 0 Å². The lowest BCUT2D eigenvalue weighted by atomic mass is 10.0. The highest BCUT2D eigenvalue weighted by Crippen LogP contribution is 2.30. The molecule has 0 spiro atoms. The topological polar surface area (TPSA) is 72.2 Å². The average Bonchev–Trinajstić information content (AvgIpc) is 2.88. The van der Waals surface area contributed by atoms with Gasteiger partial charge in [0.15, 0.2) is 0 Å². The number of thiophene rings is 1. The summed E-state index contributed by atoms with van der Waals surface area (Å²) in [4.78, 5) is 1.01. The van der Waals surface area contributed by atoms with E-state index in [1.807, 2.05) is 31.4 Å². The Morgan fingerprint density at radius 1 is 1.29 bits per heavy atom. The molecule has 0 bridgehead atoms. The Labute approximate surface area is 134 Å². The quantitative estimate of drug-likeness (QED) is 0.813. The molecule has 0 aliphatic rings. The van der Waals surface area contributed by atoms with Crippen LogP contribution in [0.1, 0.15) is 24.8 Å². The van der Waals surface area contributed by atoms with Gasteiger partial charge in [-0.25, -0.2) is 13.1 Å². The zero-order chi connectivity index (χ0) is 15.6. The summed E-state index contributed by atoms with van der Waals surface area (Å²) in [5.41, 5.74) is 6.03. The molecule has 2 rings (SSSR count). The van der Waals surface area contributed by atoms with Crippen molar-refractivity contribution in [1.82, 2.24) is 4.72 Å². The summed E-state index contributed by atoms with van der Waals surface area (Å²) in [5.74, 6) is 0.117. The number of hydrogen-bond acceptors (Lipinski definition) is 4. The smallest absolute Gasteiger partial charge is 0.242 e. The summed E-state index contributed by atoms with van der Waals surface area (Å²) in [6.45, 7) is 3.94. The van der Waals surface area contributed by atoms with Crippen LogP contribution in [0.2, 0.25) is 5.02 Å². The van der Waals surface area contributed by atoms with Gasteiger partial charge in [-0.2, -0.15) is 0 Å². The molecule has 1 aromatic heterocycles. The molecule has 4 nitrogen and oxygen atoms in total. The molecule has 0 radical (unpaired) electrons. The number of sulfonamides is 1. The Morgan fingerprint density at radius 2 is 2.00 bits per heavy atom. The molecule has 2 aromatic rings. The van der Waals surface area contributed by atoms with Crippen LogP contribution < -0.4 is 10.5 Å². The molecule has 0 aliphatic carbocycles. The van der Waals surface area contributed by atoms with Gasteiger partial charge in [0.25, 0.3) is 0 Å². The molecule has 7 heteroatoms. The molecule has 1 atom stereocenters. The van der Waals surface area contributed by atoms with Gasteiger partial charge < -0.3 is 5.73 Å². The molecule has 0 fully saturated rings. The van der Waals surface area contributed by atoms with E-state index in [1.165, 1.54) is 29.5 Å². The lowest BCUT2D eigenvalue weighted by Gasteiger charge is -2.21. The predicted octanol–water partition coefficient (Wildman–Crippen LogP) is 3.66. The van der Waals surface area contributed by atoms with E-state index in [9.17, 15) is 8.42 Å². The Kier molecular flexibility index (Phi) is 4.93. The second kappa shape index (κ2) is 6.36. The first-order valence-corrected chi connectivity index (χ1v) is 9.16. The maximum atomic E-state index is 12.5. The van der Waals surface area contributed by atoms with E-state index in [1.54, 1.807) is 0 Å². The maximum Gasteiger partial charge on any atom is 0.242 e. The van der Waals surface area contributed by atoms with E-state index in [2.05, 4.69) is 4.72 Å². The van der Waals surface area contributed by atoms with Gasteiger partial charge in [0, 0.05) is 10.6 Å². The Morgan fingerprint density at radius 3 is 2.52 bits per heavy atom. The van der Waals surface area contributed by atoms with Crippen molar-refractivity contribution in [2.24, 2.45) is 5.92 Å². The Bertz CT molecular complexity index is 713. The second-order valence-electron chi connectivity index (χ2n) is 5.05. The minimum Gasteiger partial charge on any atom is -0.399 e. The van der Waals surface area contributed by atoms with Crippen molar-refractivity contribution in [1.29, 1.82) is 0 Å². The minimum absolute atomic E-state index is 0.0422. The van der Waals surface area contributed by atoms with Gasteiger partial charge >= 0.3 is 0 Å². The van der Waals surface area contributed by atoms with Crippen LogP contribution in [0.5, 0.6) is 0 Å². The van der Waals surface area contributed by atoms with Crippen molar-refractivity contribution < 1.29 is 8.42 Å². The van der Waals surface area contributed by atoms with Crippen molar-refractivity contribution in [2.45, 2.75) is 24.8 Å². The maximum absolute atomic E-state index is 12.5. The third-order valence-electron chi connectivity index (χ3n) is 3.04.